The van der Waals surface area contributed by atoms with Crippen molar-refractivity contribution in [3.8, 4) is 0 Å². The Morgan fingerprint density at radius 1 is 0.970 bits per heavy atom. The second kappa shape index (κ2) is 10.5. The number of hydrogen-bond acceptors (Lipinski definition) is 4. The molecule has 3 aromatic rings. The Morgan fingerprint density at radius 3 is 2.30 bits per heavy atom. The molecular formula is C24H24ClN3O4S. The Balaban J connectivity index is 1.78. The number of nitrogens with one attached hydrogen (secondary N) is 3. The summed E-state index contributed by atoms with van der Waals surface area (Å²) in [7, 11) is -3.46. The average molecular weight is 486 g/mol. The summed E-state index contributed by atoms with van der Waals surface area (Å²) >= 11 is 6.15. The van der Waals surface area contributed by atoms with Gasteiger partial charge in [0.1, 0.15) is 0 Å². The zero-order chi connectivity index (χ0) is 24.0. The Labute approximate surface area is 198 Å². The molecule has 9 heteroatoms. The maximum atomic E-state index is 12.8. The largest absolute Gasteiger partial charge is 0.345 e. The van der Waals surface area contributed by atoms with E-state index in [9.17, 15) is 18.0 Å². The number of halogens is 1. The molecular weight excluding hydrogens is 462 g/mol. The zero-order valence-electron chi connectivity index (χ0n) is 18.1. The molecule has 1 unspecified atom stereocenters. The van der Waals surface area contributed by atoms with Crippen LogP contribution in [-0.4, -0.2) is 26.5 Å². The van der Waals surface area contributed by atoms with E-state index in [-0.39, 0.29) is 12.3 Å². The van der Waals surface area contributed by atoms with Crippen molar-refractivity contribution in [3.05, 3.63) is 94.5 Å². The normalized spacial score (nSPS) is 12.0. The fourth-order valence-electron chi connectivity index (χ4n) is 3.23. The van der Waals surface area contributed by atoms with Gasteiger partial charge in [0.2, 0.25) is 15.9 Å². The smallest absolute Gasteiger partial charge is 0.253 e. The molecule has 0 fully saturated rings. The third-order valence-corrected chi connectivity index (χ3v) is 5.75. The molecule has 0 radical (unpaired) electrons. The second-order valence-electron chi connectivity index (χ2n) is 7.57. The highest BCUT2D eigenvalue weighted by atomic mass is 35.5. The number of sulfonamides is 1. The Hall–Kier alpha value is -3.36. The highest BCUT2D eigenvalue weighted by molar-refractivity contribution is 7.92. The first-order valence-corrected chi connectivity index (χ1v) is 12.4. The summed E-state index contributed by atoms with van der Waals surface area (Å²) < 4.78 is 25.6. The van der Waals surface area contributed by atoms with E-state index in [1.54, 1.807) is 49.4 Å². The maximum Gasteiger partial charge on any atom is 0.253 e. The number of benzene rings is 3. The van der Waals surface area contributed by atoms with Gasteiger partial charge in [-0.15, -0.1) is 0 Å². The lowest BCUT2D eigenvalue weighted by atomic mass is 10.0. The van der Waals surface area contributed by atoms with Gasteiger partial charge in [-0.25, -0.2) is 8.42 Å². The zero-order valence-corrected chi connectivity index (χ0v) is 19.7. The van der Waals surface area contributed by atoms with Crippen LogP contribution in [-0.2, 0) is 14.8 Å². The van der Waals surface area contributed by atoms with Crippen LogP contribution in [0.5, 0.6) is 0 Å². The predicted octanol–water partition coefficient (Wildman–Crippen LogP) is 4.52. The minimum atomic E-state index is -3.46. The third-order valence-electron chi connectivity index (χ3n) is 4.83. The number of anilines is 2. The van der Waals surface area contributed by atoms with Gasteiger partial charge in [-0.1, -0.05) is 60.1 Å². The first-order valence-electron chi connectivity index (χ1n) is 10.1. The monoisotopic (exact) mass is 485 g/mol. The van der Waals surface area contributed by atoms with Gasteiger partial charge in [-0.3, -0.25) is 14.3 Å². The summed E-state index contributed by atoms with van der Waals surface area (Å²) in [4.78, 5) is 25.6. The molecule has 3 N–H and O–H groups in total. The van der Waals surface area contributed by atoms with E-state index >= 15 is 0 Å². The van der Waals surface area contributed by atoms with Crippen molar-refractivity contribution in [2.45, 2.75) is 19.4 Å². The van der Waals surface area contributed by atoms with Gasteiger partial charge in [0.15, 0.2) is 0 Å². The van der Waals surface area contributed by atoms with Crippen LogP contribution >= 0.6 is 11.6 Å². The number of rotatable bonds is 8. The molecule has 0 bridgehead atoms. The minimum absolute atomic E-state index is 0.0388. The van der Waals surface area contributed by atoms with Gasteiger partial charge in [-0.2, -0.15) is 0 Å². The number of carbonyl (C=O) groups excluding carboxylic acids is 2. The van der Waals surface area contributed by atoms with Gasteiger partial charge in [0, 0.05) is 5.69 Å². The summed E-state index contributed by atoms with van der Waals surface area (Å²) in [6.07, 6.45) is 1.02. The number of hydrogen-bond donors (Lipinski definition) is 3. The third kappa shape index (κ3) is 7.06. The van der Waals surface area contributed by atoms with Crippen LogP contribution in [0.4, 0.5) is 11.4 Å². The van der Waals surface area contributed by atoms with Crippen molar-refractivity contribution in [2.24, 2.45) is 0 Å². The highest BCUT2D eigenvalue weighted by Gasteiger charge is 2.21. The summed E-state index contributed by atoms with van der Waals surface area (Å²) in [6, 6.07) is 20.2. The molecule has 0 aliphatic carbocycles. The van der Waals surface area contributed by atoms with Gasteiger partial charge >= 0.3 is 0 Å². The second-order valence-corrected chi connectivity index (χ2v) is 9.73. The SMILES string of the molecule is Cc1ccc(NC(=O)CC(NC(=O)c2ccccc2Cl)c2ccccc2)cc1NS(C)(=O)=O. The molecule has 172 valence electrons. The molecule has 33 heavy (non-hydrogen) atoms. The maximum absolute atomic E-state index is 12.8. The molecule has 0 saturated heterocycles. The lowest BCUT2D eigenvalue weighted by molar-refractivity contribution is -0.116. The fraction of sp³-hybridized carbons (Fsp3) is 0.167. The molecule has 2 amide bonds. The Bertz CT molecular complexity index is 1260. The Kier molecular flexibility index (Phi) is 7.73. The van der Waals surface area contributed by atoms with Crippen LogP contribution < -0.4 is 15.4 Å². The summed E-state index contributed by atoms with van der Waals surface area (Å²) in [5, 5.41) is 5.97. The van der Waals surface area contributed by atoms with Crippen molar-refractivity contribution in [1.29, 1.82) is 0 Å². The predicted molar refractivity (Wildman–Crippen MR) is 131 cm³/mol. The summed E-state index contributed by atoms with van der Waals surface area (Å²) in [5.41, 5.74) is 2.60. The minimum Gasteiger partial charge on any atom is -0.345 e. The molecule has 0 aliphatic rings. The van der Waals surface area contributed by atoms with Crippen LogP contribution in [0.2, 0.25) is 5.02 Å². The molecule has 0 saturated carbocycles. The lowest BCUT2D eigenvalue weighted by Gasteiger charge is -2.20. The lowest BCUT2D eigenvalue weighted by Crippen LogP contribution is -2.31. The summed E-state index contributed by atoms with van der Waals surface area (Å²) in [6.45, 7) is 1.76. The summed E-state index contributed by atoms with van der Waals surface area (Å²) in [5.74, 6) is -0.741. The van der Waals surface area contributed by atoms with Crippen LogP contribution in [0.15, 0.2) is 72.8 Å². The molecule has 7 nitrogen and oxygen atoms in total. The van der Waals surface area contributed by atoms with Crippen molar-refractivity contribution in [3.63, 3.8) is 0 Å². The topological polar surface area (TPSA) is 104 Å². The van der Waals surface area contributed by atoms with Crippen molar-refractivity contribution in [1.82, 2.24) is 5.32 Å². The van der Waals surface area contributed by atoms with E-state index in [1.165, 1.54) is 0 Å². The number of aryl methyl sites for hydroxylation is 1. The first kappa shape index (κ1) is 24.3. The van der Waals surface area contributed by atoms with Gasteiger partial charge in [0.25, 0.3) is 5.91 Å². The van der Waals surface area contributed by atoms with Crippen LogP contribution in [0, 0.1) is 6.92 Å². The van der Waals surface area contributed by atoms with Crippen LogP contribution in [0.25, 0.3) is 0 Å². The van der Waals surface area contributed by atoms with Crippen molar-refractivity contribution >= 4 is 44.8 Å². The quantitative estimate of drug-likeness (QED) is 0.436. The van der Waals surface area contributed by atoms with Gasteiger partial charge < -0.3 is 10.6 Å². The van der Waals surface area contributed by atoms with Gasteiger partial charge in [0.05, 0.1) is 35.0 Å². The van der Waals surface area contributed by atoms with E-state index in [1.807, 2.05) is 30.3 Å². The first-order chi connectivity index (χ1) is 15.6. The molecule has 0 aliphatic heterocycles. The van der Waals surface area contributed by atoms with Crippen LogP contribution in [0.1, 0.15) is 33.9 Å². The number of carbonyl (C=O) groups is 2. The van der Waals surface area contributed by atoms with Gasteiger partial charge in [-0.05, 0) is 42.3 Å². The molecule has 0 aromatic heterocycles. The Morgan fingerprint density at radius 2 is 1.64 bits per heavy atom. The average Bonchev–Trinajstić information content (AvgIpc) is 2.75. The highest BCUT2D eigenvalue weighted by Crippen LogP contribution is 2.24. The van der Waals surface area contributed by atoms with E-state index in [2.05, 4.69) is 15.4 Å². The number of amides is 2. The van der Waals surface area contributed by atoms with Crippen molar-refractivity contribution in [2.75, 3.05) is 16.3 Å². The molecule has 0 spiro atoms. The van der Waals surface area contributed by atoms with E-state index in [0.717, 1.165) is 11.8 Å². The fourth-order valence-corrected chi connectivity index (χ4v) is 4.07. The van der Waals surface area contributed by atoms with Crippen molar-refractivity contribution < 1.29 is 18.0 Å². The molecule has 1 atom stereocenters. The van der Waals surface area contributed by atoms with E-state index < -0.39 is 22.0 Å². The molecule has 3 rings (SSSR count). The molecule has 0 heterocycles. The van der Waals surface area contributed by atoms with E-state index in [0.29, 0.717) is 27.5 Å². The standard InChI is InChI=1S/C24H24ClN3O4S/c1-16-12-13-18(14-21(16)28-33(2,31)32)26-23(29)15-22(17-8-4-3-5-9-17)27-24(30)19-10-6-7-11-20(19)25/h3-14,22,28H,15H2,1-2H3,(H,26,29)(H,27,30). The van der Waals surface area contributed by atoms with Crippen LogP contribution in [0.3, 0.4) is 0 Å². The van der Waals surface area contributed by atoms with E-state index in [4.69, 9.17) is 11.6 Å². The molecule has 3 aromatic carbocycles.